The van der Waals surface area contributed by atoms with Crippen molar-refractivity contribution in [2.24, 2.45) is 11.8 Å². The van der Waals surface area contributed by atoms with Crippen LogP contribution in [0, 0.1) is 17.2 Å². The number of methoxy groups -OCH3 is 2. The molecule has 0 aromatic heterocycles. The molecule has 3 rings (SSSR count). The monoisotopic (exact) mass is 591 g/mol. The normalized spacial score (nSPS) is 34.4. The number of nitrogens with one attached hydrogen (secondary N) is 2. The number of aliphatic hydroxyl groups excluding tert-OH is 1. The molecule has 0 saturated carbocycles. The Labute approximate surface area is 248 Å². The van der Waals surface area contributed by atoms with E-state index in [0.717, 1.165) is 12.0 Å². The number of carbonyl (C=O) groups is 2. The SMILES string of the molecule is COC(=N)/C=C(\[OH2+])C(C)/C=C\C(=O)N[C@@H]1C[C@H](C)[C@H](C/C=C(C)/C=C/[C@H]2O[C@H](CC(=O)OC)C[C@@]3(CO3)[C@@H]2O)O[C@@H]1C. The average molecular weight is 592 g/mol. The summed E-state index contributed by atoms with van der Waals surface area (Å²) in [6.45, 7) is 8.27. The topological polar surface area (TPSA) is 163 Å². The molecule has 3 heterocycles. The summed E-state index contributed by atoms with van der Waals surface area (Å²) in [6.07, 6.45) is 10.3. The van der Waals surface area contributed by atoms with Crippen LogP contribution in [0.4, 0.5) is 0 Å². The lowest BCUT2D eigenvalue weighted by Gasteiger charge is -2.39. The van der Waals surface area contributed by atoms with E-state index in [2.05, 4.69) is 18.3 Å². The van der Waals surface area contributed by atoms with E-state index in [9.17, 15) is 14.7 Å². The van der Waals surface area contributed by atoms with Crippen molar-refractivity contribution in [1.82, 2.24) is 5.32 Å². The van der Waals surface area contributed by atoms with Gasteiger partial charge in [-0.2, -0.15) is 0 Å². The van der Waals surface area contributed by atoms with Crippen molar-refractivity contribution in [3.8, 4) is 0 Å². The van der Waals surface area contributed by atoms with Crippen molar-refractivity contribution in [1.29, 1.82) is 5.41 Å². The number of allylic oxidation sites excluding steroid dienone is 3. The van der Waals surface area contributed by atoms with E-state index in [1.165, 1.54) is 26.4 Å². The van der Waals surface area contributed by atoms with Crippen LogP contribution in [0.1, 0.15) is 53.4 Å². The molecule has 1 amide bonds. The fourth-order valence-electron chi connectivity index (χ4n) is 5.30. The lowest BCUT2D eigenvalue weighted by molar-refractivity contribution is -0.157. The van der Waals surface area contributed by atoms with Gasteiger partial charge >= 0.3 is 5.97 Å². The maximum absolute atomic E-state index is 12.5. The Balaban J connectivity index is 1.50. The number of hydrogen-bond acceptors (Lipinski definition) is 9. The molecule has 42 heavy (non-hydrogen) atoms. The van der Waals surface area contributed by atoms with E-state index in [1.54, 1.807) is 13.0 Å². The summed E-state index contributed by atoms with van der Waals surface area (Å²) < 4.78 is 27.4. The highest BCUT2D eigenvalue weighted by atomic mass is 16.6. The van der Waals surface area contributed by atoms with Gasteiger partial charge in [-0.25, -0.2) is 0 Å². The second-order valence-corrected chi connectivity index (χ2v) is 11.6. The molecule has 9 atom stereocenters. The highest BCUT2D eigenvalue weighted by Crippen LogP contribution is 2.43. The zero-order valence-electron chi connectivity index (χ0n) is 25.4. The first kappa shape index (κ1) is 33.5. The lowest BCUT2D eigenvalue weighted by Crippen LogP contribution is -2.50. The quantitative estimate of drug-likeness (QED) is 0.0482. The Bertz CT molecular complexity index is 1090. The van der Waals surface area contributed by atoms with Crippen molar-refractivity contribution in [3.05, 3.63) is 47.8 Å². The minimum Gasteiger partial charge on any atom is -0.596 e. The van der Waals surface area contributed by atoms with Crippen LogP contribution in [0.15, 0.2) is 47.8 Å². The number of rotatable bonds is 11. The number of amides is 1. The molecule has 0 radical (unpaired) electrons. The molecule has 5 N–H and O–H groups in total. The standard InChI is InChI=1S/C31H46N2O9/c1-18(8-11-26-30(37)31(17-40-31)16-22(42-26)14-29(36)39-6)7-10-25-20(3)13-23(21(4)41-25)33-28(35)12-9-19(2)24(34)15-27(32)38-5/h7-9,11-12,15,19-23,25-26,30,32,34,37H,10,13-14,16-17H2,1-6H3,(H,33,35)/p+1/b11-8+,12-9-,18-7+,24-15-,32-27?/t19?,20-,21+,22+,23+,25-,26+,30+,31+/m0/s1. The van der Waals surface area contributed by atoms with Crippen LogP contribution in [0.2, 0.25) is 0 Å². The molecule has 11 heteroatoms. The van der Waals surface area contributed by atoms with E-state index < -0.39 is 17.8 Å². The zero-order valence-corrected chi connectivity index (χ0v) is 25.4. The molecule has 3 aliphatic rings. The molecule has 1 unspecified atom stereocenters. The van der Waals surface area contributed by atoms with E-state index in [1.807, 2.05) is 26.0 Å². The minimum absolute atomic E-state index is 0.0109. The highest BCUT2D eigenvalue weighted by molar-refractivity contribution is 5.88. The summed E-state index contributed by atoms with van der Waals surface area (Å²) in [4.78, 5) is 24.3. The van der Waals surface area contributed by atoms with Crippen LogP contribution in [-0.4, -0.2) is 91.0 Å². The van der Waals surface area contributed by atoms with Crippen LogP contribution in [-0.2, 0) is 33.3 Å². The van der Waals surface area contributed by atoms with Crippen LogP contribution in [0.3, 0.4) is 0 Å². The summed E-state index contributed by atoms with van der Waals surface area (Å²) in [5.74, 6) is -0.655. The first-order valence-corrected chi connectivity index (χ1v) is 14.5. The average Bonchev–Trinajstić information content (AvgIpc) is 3.73. The predicted octanol–water partition coefficient (Wildman–Crippen LogP) is 2.45. The zero-order chi connectivity index (χ0) is 31.0. The van der Waals surface area contributed by atoms with Crippen LogP contribution in [0.5, 0.6) is 0 Å². The van der Waals surface area contributed by atoms with Crippen molar-refractivity contribution in [2.45, 2.75) is 95.5 Å². The predicted molar refractivity (Wildman–Crippen MR) is 157 cm³/mol. The van der Waals surface area contributed by atoms with Crippen molar-refractivity contribution < 1.29 is 43.5 Å². The number of ether oxygens (including phenoxy) is 5. The highest BCUT2D eigenvalue weighted by Gasteiger charge is 2.58. The van der Waals surface area contributed by atoms with E-state index in [4.69, 9.17) is 34.2 Å². The van der Waals surface area contributed by atoms with E-state index >= 15 is 0 Å². The molecule has 3 aliphatic heterocycles. The van der Waals surface area contributed by atoms with Gasteiger partial charge in [0.1, 0.15) is 17.8 Å². The number of carbonyl (C=O) groups excluding carboxylic acids is 2. The van der Waals surface area contributed by atoms with Gasteiger partial charge in [0.25, 0.3) is 0 Å². The Morgan fingerprint density at radius 2 is 1.93 bits per heavy atom. The summed E-state index contributed by atoms with van der Waals surface area (Å²) in [5.41, 5.74) is 0.343. The Morgan fingerprint density at radius 3 is 2.57 bits per heavy atom. The third kappa shape index (κ3) is 9.26. The molecule has 11 nitrogen and oxygen atoms in total. The molecule has 0 aliphatic carbocycles. The Kier molecular flexibility index (Phi) is 11.9. The van der Waals surface area contributed by atoms with E-state index in [0.29, 0.717) is 19.4 Å². The Morgan fingerprint density at radius 1 is 1.21 bits per heavy atom. The Hall–Kier alpha value is -2.99. The molecule has 0 aromatic carbocycles. The van der Waals surface area contributed by atoms with E-state index in [-0.39, 0.29) is 66.1 Å². The number of hydrogen-bond donors (Lipinski definition) is 3. The number of epoxide rings is 1. The first-order chi connectivity index (χ1) is 19.9. The molecular formula is C31H47N2O9+. The van der Waals surface area contributed by atoms with Gasteiger partial charge < -0.3 is 39.2 Å². The smallest absolute Gasteiger partial charge is 0.308 e. The fourth-order valence-corrected chi connectivity index (χ4v) is 5.30. The molecule has 3 saturated heterocycles. The third-order valence-corrected chi connectivity index (χ3v) is 8.21. The first-order valence-electron chi connectivity index (χ1n) is 14.5. The van der Waals surface area contributed by atoms with Crippen molar-refractivity contribution in [2.75, 3.05) is 20.8 Å². The van der Waals surface area contributed by atoms with Crippen LogP contribution in [0.25, 0.3) is 0 Å². The molecule has 234 valence electrons. The summed E-state index contributed by atoms with van der Waals surface area (Å²) >= 11 is 0. The maximum atomic E-state index is 12.5. The van der Waals surface area contributed by atoms with Crippen LogP contribution < -0.4 is 5.32 Å². The second-order valence-electron chi connectivity index (χ2n) is 11.6. The maximum Gasteiger partial charge on any atom is 0.308 e. The van der Waals surface area contributed by atoms with Gasteiger partial charge in [0.2, 0.25) is 17.6 Å². The summed E-state index contributed by atoms with van der Waals surface area (Å²) in [5, 5.41) is 29.3. The second kappa shape index (κ2) is 15.0. The van der Waals surface area contributed by atoms with Gasteiger partial charge in [0.05, 0.1) is 63.6 Å². The van der Waals surface area contributed by atoms with Gasteiger partial charge in [-0.3, -0.25) is 15.0 Å². The third-order valence-electron chi connectivity index (χ3n) is 8.21. The van der Waals surface area contributed by atoms with Gasteiger partial charge in [-0.05, 0) is 45.6 Å². The number of aliphatic hydroxyl groups is 1. The molecular weight excluding hydrogens is 544 g/mol. The molecule has 3 fully saturated rings. The van der Waals surface area contributed by atoms with Gasteiger partial charge in [-0.1, -0.05) is 36.8 Å². The largest absolute Gasteiger partial charge is 0.596 e. The van der Waals surface area contributed by atoms with Gasteiger partial charge in [0.15, 0.2) is 0 Å². The lowest BCUT2D eigenvalue weighted by atomic mass is 9.87. The van der Waals surface area contributed by atoms with Crippen LogP contribution >= 0.6 is 0 Å². The molecule has 0 bridgehead atoms. The minimum atomic E-state index is -0.807. The summed E-state index contributed by atoms with van der Waals surface area (Å²) in [7, 11) is 2.72. The van der Waals surface area contributed by atoms with Gasteiger partial charge in [-0.15, -0.1) is 0 Å². The van der Waals surface area contributed by atoms with Crippen molar-refractivity contribution in [3.63, 3.8) is 0 Å². The molecule has 0 aromatic rings. The molecule has 1 spiro atoms. The summed E-state index contributed by atoms with van der Waals surface area (Å²) in [6, 6.07) is -0.138. The van der Waals surface area contributed by atoms with Gasteiger partial charge in [0, 0.05) is 6.42 Å². The fraction of sp³-hybridized carbons (Fsp3) is 0.645. The number of esters is 1. The van der Waals surface area contributed by atoms with Crippen molar-refractivity contribution >= 4 is 17.8 Å².